The zero-order valence-electron chi connectivity index (χ0n) is 18.5. The Labute approximate surface area is 182 Å². The number of ether oxygens (including phenoxy) is 1. The van der Waals surface area contributed by atoms with Gasteiger partial charge in [0.1, 0.15) is 18.0 Å². The number of fused-ring (bicyclic) bond motifs is 3. The number of thiazole rings is 1. The molecule has 7 heteroatoms. The van der Waals surface area contributed by atoms with E-state index in [4.69, 9.17) is 10.5 Å². The number of aliphatic hydroxyl groups is 1. The van der Waals surface area contributed by atoms with Gasteiger partial charge in [-0.25, -0.2) is 4.98 Å². The number of benzene rings is 1. The molecular weight excluding hydrogens is 398 g/mol. The topological polar surface area (TPSA) is 97.5 Å². The van der Waals surface area contributed by atoms with Gasteiger partial charge in [0.25, 0.3) is 5.91 Å². The number of nitrogens with zero attached hydrogens (tertiary/aromatic N) is 1. The number of nitrogens with one attached hydrogen (secondary N) is 1. The van der Waals surface area contributed by atoms with Crippen molar-refractivity contribution in [1.29, 1.82) is 0 Å². The molecule has 0 bridgehead atoms. The molecule has 1 aromatic heterocycles. The van der Waals surface area contributed by atoms with Crippen LogP contribution < -0.4 is 15.8 Å². The molecule has 0 radical (unpaired) electrons. The summed E-state index contributed by atoms with van der Waals surface area (Å²) in [4.78, 5) is 17.2. The fourth-order valence-electron chi connectivity index (χ4n) is 2.84. The smallest absolute Gasteiger partial charge is 0.277 e. The largest absolute Gasteiger partial charge is 0.491 e. The minimum Gasteiger partial charge on any atom is -0.491 e. The van der Waals surface area contributed by atoms with Crippen molar-refractivity contribution in [3.05, 3.63) is 33.6 Å². The van der Waals surface area contributed by atoms with Gasteiger partial charge in [0.15, 0.2) is 5.01 Å². The van der Waals surface area contributed by atoms with Crippen LogP contribution in [-0.2, 0) is 0 Å². The van der Waals surface area contributed by atoms with Crippen molar-refractivity contribution in [2.45, 2.75) is 65.6 Å². The molecule has 30 heavy (non-hydrogen) atoms. The number of carbonyl (C=O) groups excluding carboxylic acids is 1. The zero-order chi connectivity index (χ0) is 22.5. The van der Waals surface area contributed by atoms with Gasteiger partial charge < -0.3 is 20.9 Å². The Kier molecular flexibility index (Phi) is 8.02. The van der Waals surface area contributed by atoms with Crippen molar-refractivity contribution in [3.63, 3.8) is 0 Å². The maximum atomic E-state index is 11.7. The molecule has 1 aromatic carbocycles. The van der Waals surface area contributed by atoms with Crippen LogP contribution in [0.3, 0.4) is 0 Å². The number of primary amides is 1. The summed E-state index contributed by atoms with van der Waals surface area (Å²) in [6.45, 7) is 11.9. The third-order valence-corrected chi connectivity index (χ3v) is 5.62. The van der Waals surface area contributed by atoms with Gasteiger partial charge in [-0.2, -0.15) is 0 Å². The summed E-state index contributed by atoms with van der Waals surface area (Å²) in [6.07, 6.45) is 0.969. The van der Waals surface area contributed by atoms with E-state index in [0.29, 0.717) is 18.1 Å². The second kappa shape index (κ2) is 10.1. The maximum absolute atomic E-state index is 11.7. The molecule has 2 heterocycles. The number of hydrogen-bond acceptors (Lipinski definition) is 6. The highest BCUT2D eigenvalue weighted by Gasteiger charge is 2.29. The monoisotopic (exact) mass is 429 g/mol. The minimum absolute atomic E-state index is 0.0890. The molecule has 0 aliphatic carbocycles. The van der Waals surface area contributed by atoms with Gasteiger partial charge in [-0.3, -0.25) is 4.79 Å². The van der Waals surface area contributed by atoms with E-state index in [9.17, 15) is 9.90 Å². The number of nitrogens with two attached hydrogens (primary N) is 1. The first-order valence-corrected chi connectivity index (χ1v) is 11.1. The summed E-state index contributed by atoms with van der Waals surface area (Å²) in [5.74, 6) is 5.94. The number of aromatic nitrogens is 1. The van der Waals surface area contributed by atoms with Gasteiger partial charge in [-0.15, -0.1) is 11.3 Å². The summed E-state index contributed by atoms with van der Waals surface area (Å²) in [6, 6.07) is 5.77. The predicted octanol–water partition coefficient (Wildman–Crippen LogP) is 3.88. The minimum atomic E-state index is -1.08. The predicted molar refractivity (Wildman–Crippen MR) is 122 cm³/mol. The summed E-state index contributed by atoms with van der Waals surface area (Å²) >= 11 is 1.30. The SMILES string of the molecule is CC.CCC(C)NC1COc2ccc(C#CC(C)(C)O)cc2-c2nc(C(N)=O)sc21. The summed E-state index contributed by atoms with van der Waals surface area (Å²) < 4.78 is 6.04. The van der Waals surface area contributed by atoms with E-state index in [1.807, 2.05) is 32.0 Å². The Balaban J connectivity index is 0.00000155. The van der Waals surface area contributed by atoms with Gasteiger partial charge in [0.05, 0.1) is 16.6 Å². The van der Waals surface area contributed by atoms with Crippen LogP contribution >= 0.6 is 11.3 Å². The van der Waals surface area contributed by atoms with Gasteiger partial charge in [0.2, 0.25) is 0 Å². The van der Waals surface area contributed by atoms with Crippen molar-refractivity contribution in [2.75, 3.05) is 6.61 Å². The quantitative estimate of drug-likeness (QED) is 0.641. The maximum Gasteiger partial charge on any atom is 0.277 e. The lowest BCUT2D eigenvalue weighted by Gasteiger charge is -2.20. The lowest BCUT2D eigenvalue weighted by Crippen LogP contribution is -2.32. The second-order valence-corrected chi connectivity index (χ2v) is 8.49. The Morgan fingerprint density at radius 3 is 2.77 bits per heavy atom. The van der Waals surface area contributed by atoms with E-state index in [2.05, 4.69) is 36.0 Å². The summed E-state index contributed by atoms with van der Waals surface area (Å²) in [5.41, 5.74) is 6.61. The first kappa shape index (κ1) is 23.9. The molecule has 0 saturated carbocycles. The average molecular weight is 430 g/mol. The van der Waals surface area contributed by atoms with Crippen molar-refractivity contribution in [2.24, 2.45) is 5.73 Å². The van der Waals surface area contributed by atoms with Crippen LogP contribution in [0.5, 0.6) is 5.75 Å². The fourth-order valence-corrected chi connectivity index (χ4v) is 3.82. The molecule has 4 N–H and O–H groups in total. The molecule has 1 amide bonds. The first-order chi connectivity index (χ1) is 14.2. The molecule has 2 atom stereocenters. The van der Waals surface area contributed by atoms with Crippen LogP contribution in [0.4, 0.5) is 0 Å². The molecule has 1 aliphatic rings. The molecule has 2 unspecified atom stereocenters. The van der Waals surface area contributed by atoms with E-state index >= 15 is 0 Å². The van der Waals surface area contributed by atoms with Crippen molar-refractivity contribution < 1.29 is 14.6 Å². The Morgan fingerprint density at radius 1 is 1.47 bits per heavy atom. The van der Waals surface area contributed by atoms with Crippen molar-refractivity contribution >= 4 is 17.2 Å². The van der Waals surface area contributed by atoms with E-state index in [1.165, 1.54) is 11.3 Å². The molecule has 6 nitrogen and oxygen atoms in total. The number of amides is 1. The standard InChI is InChI=1S/C21H25N3O3S.C2H6/c1-5-12(2)23-15-11-27-16-7-6-13(8-9-21(3,4)26)10-14(16)17-18(15)28-20(24-17)19(22)25;1-2/h6-7,10,12,15,23,26H,5,11H2,1-4H3,(H2,22,25);1-2H3. The molecule has 3 rings (SSSR count). The molecular formula is C23H31N3O3S. The van der Waals surface area contributed by atoms with Crippen LogP contribution in [0.2, 0.25) is 0 Å². The average Bonchev–Trinajstić information content (AvgIpc) is 3.11. The molecule has 0 spiro atoms. The van der Waals surface area contributed by atoms with Gasteiger partial charge in [0, 0.05) is 17.2 Å². The lowest BCUT2D eigenvalue weighted by molar-refractivity contribution is 0.1000. The van der Waals surface area contributed by atoms with Gasteiger partial charge in [-0.05, 0) is 45.4 Å². The number of hydrogen-bond donors (Lipinski definition) is 3. The molecule has 162 valence electrons. The van der Waals surface area contributed by atoms with Crippen LogP contribution in [0, 0.1) is 11.8 Å². The first-order valence-electron chi connectivity index (χ1n) is 10.3. The summed E-state index contributed by atoms with van der Waals surface area (Å²) in [5, 5.41) is 13.7. The molecule has 0 saturated heterocycles. The van der Waals surface area contributed by atoms with E-state index < -0.39 is 11.5 Å². The molecule has 1 aliphatic heterocycles. The van der Waals surface area contributed by atoms with Crippen LogP contribution in [-0.4, -0.2) is 34.2 Å². The highest BCUT2D eigenvalue weighted by molar-refractivity contribution is 7.14. The van der Waals surface area contributed by atoms with Crippen molar-refractivity contribution in [1.82, 2.24) is 10.3 Å². The number of carbonyl (C=O) groups is 1. The van der Waals surface area contributed by atoms with Crippen molar-refractivity contribution in [3.8, 4) is 28.8 Å². The Bertz CT molecular complexity index is 951. The second-order valence-electron chi connectivity index (χ2n) is 7.46. The summed E-state index contributed by atoms with van der Waals surface area (Å²) in [7, 11) is 0. The van der Waals surface area contributed by atoms with Crippen LogP contribution in [0.1, 0.15) is 74.2 Å². The Morgan fingerprint density at radius 2 is 2.17 bits per heavy atom. The highest BCUT2D eigenvalue weighted by Crippen LogP contribution is 2.41. The normalized spacial score (nSPS) is 15.8. The third kappa shape index (κ3) is 5.82. The van der Waals surface area contributed by atoms with Gasteiger partial charge >= 0.3 is 0 Å². The lowest BCUT2D eigenvalue weighted by atomic mass is 10.0. The van der Waals surface area contributed by atoms with Gasteiger partial charge in [-0.1, -0.05) is 32.6 Å². The molecule has 2 aromatic rings. The highest BCUT2D eigenvalue weighted by atomic mass is 32.1. The fraction of sp³-hybridized carbons (Fsp3) is 0.478. The van der Waals surface area contributed by atoms with Crippen LogP contribution in [0.15, 0.2) is 18.2 Å². The number of rotatable bonds is 4. The van der Waals surface area contributed by atoms with E-state index in [-0.39, 0.29) is 17.1 Å². The van der Waals surface area contributed by atoms with E-state index in [0.717, 1.165) is 22.4 Å². The molecule has 0 fully saturated rings. The van der Waals surface area contributed by atoms with E-state index in [1.54, 1.807) is 13.8 Å². The third-order valence-electron chi connectivity index (χ3n) is 4.43. The Hall–Kier alpha value is -2.40. The zero-order valence-corrected chi connectivity index (χ0v) is 19.3. The van der Waals surface area contributed by atoms with Crippen LogP contribution in [0.25, 0.3) is 11.3 Å².